The largest absolute Gasteiger partial charge is 0.494 e. The Morgan fingerprint density at radius 2 is 1.50 bits per heavy atom. The Morgan fingerprint density at radius 1 is 0.812 bits per heavy atom. The molecule has 4 nitrogen and oxygen atoms in total. The summed E-state index contributed by atoms with van der Waals surface area (Å²) in [6, 6.07) is 28.3. The summed E-state index contributed by atoms with van der Waals surface area (Å²) in [7, 11) is 0. The van der Waals surface area contributed by atoms with Gasteiger partial charge in [0, 0.05) is 21.7 Å². The number of thioether (sulfide) groups is 1. The van der Waals surface area contributed by atoms with E-state index in [0.717, 1.165) is 21.4 Å². The number of amides is 1. The fourth-order valence-electron chi connectivity index (χ4n) is 3.30. The van der Waals surface area contributed by atoms with E-state index in [-0.39, 0.29) is 11.7 Å². The molecule has 0 aliphatic rings. The zero-order valence-corrected chi connectivity index (χ0v) is 18.5. The normalized spacial score (nSPS) is 10.7. The van der Waals surface area contributed by atoms with Crippen molar-refractivity contribution in [2.75, 3.05) is 17.7 Å². The Morgan fingerprint density at radius 3 is 2.22 bits per heavy atom. The number of anilines is 1. The predicted octanol–water partition coefficient (Wildman–Crippen LogP) is 6.47. The van der Waals surface area contributed by atoms with E-state index >= 15 is 0 Å². The lowest BCUT2D eigenvalue weighted by Crippen LogP contribution is -2.11. The van der Waals surface area contributed by atoms with Gasteiger partial charge in [0.1, 0.15) is 5.75 Å². The number of ketones is 1. The van der Waals surface area contributed by atoms with Crippen LogP contribution in [0.2, 0.25) is 0 Å². The summed E-state index contributed by atoms with van der Waals surface area (Å²) in [5, 5.41) is 5.06. The van der Waals surface area contributed by atoms with E-state index in [4.69, 9.17) is 4.74 Å². The second kappa shape index (κ2) is 10.2. The van der Waals surface area contributed by atoms with Crippen LogP contribution < -0.4 is 10.1 Å². The number of Topliss-reactive ketones (excluding diaryl/α,β-unsaturated/α-hetero) is 1. The van der Waals surface area contributed by atoms with Crippen molar-refractivity contribution in [3.63, 3.8) is 0 Å². The second-order valence-corrected chi connectivity index (χ2v) is 8.26. The van der Waals surface area contributed by atoms with Crippen LogP contribution in [-0.4, -0.2) is 24.1 Å². The standard InChI is InChI=1S/C27H23NO3S/c1-2-31-24-13-9-20(10-14-24)26(29)18-32-25-15-11-23(12-16-25)28-27(30)22-8-7-19-5-3-4-6-21(19)17-22/h3-17H,2,18H2,1H3,(H,28,30). The van der Waals surface area contributed by atoms with E-state index in [0.29, 0.717) is 29.2 Å². The molecule has 1 amide bonds. The number of carbonyl (C=O) groups excluding carboxylic acids is 2. The average molecular weight is 442 g/mol. The molecule has 0 spiro atoms. The van der Waals surface area contributed by atoms with Crippen LogP contribution in [-0.2, 0) is 0 Å². The second-order valence-electron chi connectivity index (χ2n) is 7.21. The molecule has 0 radical (unpaired) electrons. The smallest absolute Gasteiger partial charge is 0.255 e. The Bertz CT molecular complexity index is 1230. The number of benzene rings is 4. The van der Waals surface area contributed by atoms with Crippen LogP contribution in [0.5, 0.6) is 5.75 Å². The number of fused-ring (bicyclic) bond motifs is 1. The van der Waals surface area contributed by atoms with Gasteiger partial charge >= 0.3 is 0 Å². The first kappa shape index (κ1) is 21.7. The van der Waals surface area contributed by atoms with Crippen molar-refractivity contribution in [3.8, 4) is 5.75 Å². The van der Waals surface area contributed by atoms with Gasteiger partial charge in [-0.25, -0.2) is 0 Å². The summed E-state index contributed by atoms with van der Waals surface area (Å²) in [4.78, 5) is 26.0. The average Bonchev–Trinajstić information content (AvgIpc) is 2.83. The highest BCUT2D eigenvalue weighted by atomic mass is 32.2. The fourth-order valence-corrected chi connectivity index (χ4v) is 4.10. The topological polar surface area (TPSA) is 55.4 Å². The maximum absolute atomic E-state index is 12.6. The molecule has 4 rings (SSSR count). The summed E-state index contributed by atoms with van der Waals surface area (Å²) in [5.41, 5.74) is 1.99. The number of ether oxygens (including phenoxy) is 1. The highest BCUT2D eigenvalue weighted by molar-refractivity contribution is 8.00. The SMILES string of the molecule is CCOc1ccc(C(=O)CSc2ccc(NC(=O)c3ccc4ccccc4c3)cc2)cc1. The lowest BCUT2D eigenvalue weighted by Gasteiger charge is -2.08. The Labute approximate surface area is 191 Å². The Hall–Kier alpha value is -3.57. The van der Waals surface area contributed by atoms with Crippen LogP contribution >= 0.6 is 11.8 Å². The van der Waals surface area contributed by atoms with E-state index in [2.05, 4.69) is 5.32 Å². The number of carbonyl (C=O) groups is 2. The number of hydrogen-bond acceptors (Lipinski definition) is 4. The van der Waals surface area contributed by atoms with E-state index in [1.807, 2.05) is 85.8 Å². The summed E-state index contributed by atoms with van der Waals surface area (Å²) in [5.74, 6) is 1.02. The molecule has 32 heavy (non-hydrogen) atoms. The van der Waals surface area contributed by atoms with Gasteiger partial charge in [-0.1, -0.05) is 30.3 Å². The minimum atomic E-state index is -0.151. The maximum Gasteiger partial charge on any atom is 0.255 e. The van der Waals surface area contributed by atoms with Crippen LogP contribution in [0.25, 0.3) is 10.8 Å². The first-order chi connectivity index (χ1) is 15.6. The summed E-state index contributed by atoms with van der Waals surface area (Å²) < 4.78 is 5.41. The van der Waals surface area contributed by atoms with Gasteiger partial charge in [0.05, 0.1) is 12.4 Å². The van der Waals surface area contributed by atoms with Crippen molar-refractivity contribution in [3.05, 3.63) is 102 Å². The molecule has 1 N–H and O–H groups in total. The van der Waals surface area contributed by atoms with Gasteiger partial charge in [-0.2, -0.15) is 0 Å². The molecule has 0 saturated heterocycles. The van der Waals surface area contributed by atoms with Gasteiger partial charge in [0.2, 0.25) is 0 Å². The molecule has 0 aromatic heterocycles. The van der Waals surface area contributed by atoms with Crippen LogP contribution in [0.4, 0.5) is 5.69 Å². The van der Waals surface area contributed by atoms with Gasteiger partial charge in [0.15, 0.2) is 5.78 Å². The zero-order valence-electron chi connectivity index (χ0n) is 17.7. The Balaban J connectivity index is 1.33. The highest BCUT2D eigenvalue weighted by Crippen LogP contribution is 2.23. The van der Waals surface area contributed by atoms with Crippen molar-refractivity contribution >= 4 is 39.9 Å². The molecule has 0 unspecified atom stereocenters. The van der Waals surface area contributed by atoms with Gasteiger partial charge in [-0.15, -0.1) is 11.8 Å². The van der Waals surface area contributed by atoms with Crippen LogP contribution in [0.3, 0.4) is 0 Å². The molecular weight excluding hydrogens is 418 g/mol. The molecule has 0 aliphatic carbocycles. The molecule has 0 aliphatic heterocycles. The van der Waals surface area contributed by atoms with Gasteiger partial charge < -0.3 is 10.1 Å². The van der Waals surface area contributed by atoms with Crippen LogP contribution in [0, 0.1) is 0 Å². The van der Waals surface area contributed by atoms with Gasteiger partial charge in [0.25, 0.3) is 5.91 Å². The molecule has 0 heterocycles. The maximum atomic E-state index is 12.6. The molecule has 0 saturated carbocycles. The van der Waals surface area contributed by atoms with Crippen molar-refractivity contribution in [2.24, 2.45) is 0 Å². The van der Waals surface area contributed by atoms with Crippen LogP contribution in [0.1, 0.15) is 27.6 Å². The van der Waals surface area contributed by atoms with E-state index in [1.165, 1.54) is 11.8 Å². The van der Waals surface area contributed by atoms with Crippen molar-refractivity contribution in [1.29, 1.82) is 0 Å². The zero-order chi connectivity index (χ0) is 22.3. The van der Waals surface area contributed by atoms with E-state index < -0.39 is 0 Å². The molecule has 4 aromatic carbocycles. The molecule has 0 atom stereocenters. The monoisotopic (exact) mass is 441 g/mol. The minimum absolute atomic E-state index is 0.0618. The molecular formula is C27H23NO3S. The van der Waals surface area contributed by atoms with Gasteiger partial charge in [-0.05, 0) is 78.4 Å². The molecule has 5 heteroatoms. The molecule has 160 valence electrons. The predicted molar refractivity (Wildman–Crippen MR) is 131 cm³/mol. The minimum Gasteiger partial charge on any atom is -0.494 e. The third-order valence-corrected chi connectivity index (χ3v) is 5.99. The fraction of sp³-hybridized carbons (Fsp3) is 0.111. The third-order valence-electron chi connectivity index (χ3n) is 4.98. The molecule has 4 aromatic rings. The number of nitrogens with one attached hydrogen (secondary N) is 1. The summed E-state index contributed by atoms with van der Waals surface area (Å²) in [6.07, 6.45) is 0. The van der Waals surface area contributed by atoms with Crippen LogP contribution in [0.15, 0.2) is 95.9 Å². The molecule has 0 fully saturated rings. The summed E-state index contributed by atoms with van der Waals surface area (Å²) in [6.45, 7) is 2.53. The van der Waals surface area contributed by atoms with E-state index in [1.54, 1.807) is 12.1 Å². The number of rotatable bonds is 8. The lowest BCUT2D eigenvalue weighted by molar-refractivity contribution is 0.101. The third kappa shape index (κ3) is 5.37. The van der Waals surface area contributed by atoms with Crippen molar-refractivity contribution < 1.29 is 14.3 Å². The lowest BCUT2D eigenvalue weighted by atomic mass is 10.1. The van der Waals surface area contributed by atoms with E-state index in [9.17, 15) is 9.59 Å². The first-order valence-electron chi connectivity index (χ1n) is 10.4. The highest BCUT2D eigenvalue weighted by Gasteiger charge is 2.09. The van der Waals surface area contributed by atoms with Crippen molar-refractivity contribution in [1.82, 2.24) is 0 Å². The number of hydrogen-bond donors (Lipinski definition) is 1. The quantitative estimate of drug-likeness (QED) is 0.252. The van der Waals surface area contributed by atoms with Gasteiger partial charge in [-0.3, -0.25) is 9.59 Å². The Kier molecular flexibility index (Phi) is 6.87. The molecule has 0 bridgehead atoms. The first-order valence-corrected chi connectivity index (χ1v) is 11.4. The summed E-state index contributed by atoms with van der Waals surface area (Å²) >= 11 is 1.47. The van der Waals surface area contributed by atoms with Crippen molar-refractivity contribution in [2.45, 2.75) is 11.8 Å².